The molecule has 0 aliphatic heterocycles. The average molecular weight is 524 g/mol. The second-order valence-corrected chi connectivity index (χ2v) is 9.25. The zero-order chi connectivity index (χ0) is 27.8. The third-order valence-corrected chi connectivity index (χ3v) is 6.70. The van der Waals surface area contributed by atoms with E-state index in [4.69, 9.17) is 9.72 Å². The van der Waals surface area contributed by atoms with Crippen LogP contribution in [0.1, 0.15) is 57.0 Å². The minimum Gasteiger partial charge on any atom is -0.495 e. The molecule has 0 radical (unpaired) electrons. The van der Waals surface area contributed by atoms with Crippen LogP contribution >= 0.6 is 0 Å². The van der Waals surface area contributed by atoms with E-state index in [1.165, 1.54) is 0 Å². The Morgan fingerprint density at radius 3 is 2.59 bits per heavy atom. The Hall–Kier alpha value is -4.64. The number of urea groups is 1. The van der Waals surface area contributed by atoms with Gasteiger partial charge < -0.3 is 15.0 Å². The molecule has 1 atom stereocenters. The molecule has 3 aromatic carbocycles. The number of unbranched alkanes of at least 4 members (excludes halogenated alkanes) is 2. The van der Waals surface area contributed by atoms with Crippen molar-refractivity contribution in [3.63, 3.8) is 0 Å². The second-order valence-electron chi connectivity index (χ2n) is 9.25. The molecule has 0 aliphatic carbocycles. The number of nitrogens with one attached hydrogen (secondary N) is 1. The van der Waals surface area contributed by atoms with E-state index in [1.54, 1.807) is 53.0 Å². The van der Waals surface area contributed by atoms with Crippen molar-refractivity contribution in [3.05, 3.63) is 94.5 Å². The quantitative estimate of drug-likeness (QED) is 0.241. The Balaban J connectivity index is 1.88. The maximum atomic E-state index is 14.0. The Morgan fingerprint density at radius 2 is 1.85 bits per heavy atom. The van der Waals surface area contributed by atoms with Gasteiger partial charge in [-0.1, -0.05) is 57.0 Å². The number of benzene rings is 3. The SMILES string of the molecule is CCCCCN(C(=O)Nc1cccc(C#N)c1)C(CC)c1nc2ccccc2c(=O)n1-c1ccccc1OC. The van der Waals surface area contributed by atoms with E-state index in [-0.39, 0.29) is 11.6 Å². The van der Waals surface area contributed by atoms with Crippen molar-refractivity contribution in [1.82, 2.24) is 14.5 Å². The van der Waals surface area contributed by atoms with E-state index in [0.717, 1.165) is 19.3 Å². The van der Waals surface area contributed by atoms with Gasteiger partial charge in [0.2, 0.25) is 0 Å². The lowest BCUT2D eigenvalue weighted by Gasteiger charge is -2.32. The molecule has 1 unspecified atom stereocenters. The summed E-state index contributed by atoms with van der Waals surface area (Å²) in [5.74, 6) is 0.992. The predicted octanol–water partition coefficient (Wildman–Crippen LogP) is 6.44. The Kier molecular flexibility index (Phi) is 8.95. The highest BCUT2D eigenvalue weighted by Crippen LogP contribution is 2.30. The number of carbonyl (C=O) groups excluding carboxylic acids is 1. The predicted molar refractivity (Wildman–Crippen MR) is 153 cm³/mol. The summed E-state index contributed by atoms with van der Waals surface area (Å²) in [7, 11) is 1.56. The van der Waals surface area contributed by atoms with Gasteiger partial charge in [-0.05, 0) is 55.3 Å². The first kappa shape index (κ1) is 27.4. The maximum absolute atomic E-state index is 14.0. The van der Waals surface area contributed by atoms with Crippen molar-refractivity contribution in [1.29, 1.82) is 5.26 Å². The van der Waals surface area contributed by atoms with E-state index in [2.05, 4.69) is 18.3 Å². The summed E-state index contributed by atoms with van der Waals surface area (Å²) in [5.41, 5.74) is 1.89. The minimum atomic E-state index is -0.511. The van der Waals surface area contributed by atoms with Crippen molar-refractivity contribution < 1.29 is 9.53 Å². The van der Waals surface area contributed by atoms with Crippen LogP contribution in [0, 0.1) is 11.3 Å². The fourth-order valence-corrected chi connectivity index (χ4v) is 4.76. The number of aromatic nitrogens is 2. The fourth-order valence-electron chi connectivity index (χ4n) is 4.76. The Labute approximate surface area is 228 Å². The van der Waals surface area contributed by atoms with Gasteiger partial charge in [-0.15, -0.1) is 0 Å². The minimum absolute atomic E-state index is 0.228. The highest BCUT2D eigenvalue weighted by molar-refractivity contribution is 5.90. The topological polar surface area (TPSA) is 100 Å². The van der Waals surface area contributed by atoms with E-state index in [0.29, 0.717) is 52.4 Å². The summed E-state index contributed by atoms with van der Waals surface area (Å²) in [6.07, 6.45) is 3.27. The third-order valence-electron chi connectivity index (χ3n) is 6.70. The molecule has 0 bridgehead atoms. The molecule has 1 N–H and O–H groups in total. The Morgan fingerprint density at radius 1 is 1.08 bits per heavy atom. The number of methoxy groups -OCH3 is 1. The lowest BCUT2D eigenvalue weighted by atomic mass is 10.1. The molecule has 0 spiro atoms. The fraction of sp³-hybridized carbons (Fsp3) is 0.290. The molecule has 1 heterocycles. The lowest BCUT2D eigenvalue weighted by Crippen LogP contribution is -2.41. The first-order valence-corrected chi connectivity index (χ1v) is 13.2. The summed E-state index contributed by atoms with van der Waals surface area (Å²) >= 11 is 0. The van der Waals surface area contributed by atoms with E-state index in [9.17, 15) is 14.9 Å². The van der Waals surface area contributed by atoms with Crippen LogP contribution in [0.3, 0.4) is 0 Å². The zero-order valence-electron chi connectivity index (χ0n) is 22.6. The van der Waals surface area contributed by atoms with Gasteiger partial charge in [-0.3, -0.25) is 9.36 Å². The first-order valence-electron chi connectivity index (χ1n) is 13.2. The monoisotopic (exact) mass is 523 g/mol. The molecule has 8 heteroatoms. The molecule has 0 fully saturated rings. The highest BCUT2D eigenvalue weighted by atomic mass is 16.5. The van der Waals surface area contributed by atoms with Crippen LogP contribution in [0.2, 0.25) is 0 Å². The van der Waals surface area contributed by atoms with Crippen LogP contribution in [0.25, 0.3) is 16.6 Å². The molecule has 8 nitrogen and oxygen atoms in total. The number of amides is 2. The van der Waals surface area contributed by atoms with Crippen molar-refractivity contribution >= 4 is 22.6 Å². The van der Waals surface area contributed by atoms with E-state index < -0.39 is 6.04 Å². The van der Waals surface area contributed by atoms with Gasteiger partial charge >= 0.3 is 6.03 Å². The van der Waals surface area contributed by atoms with Gasteiger partial charge in [0.05, 0.1) is 41.4 Å². The molecule has 4 rings (SSSR count). The van der Waals surface area contributed by atoms with Crippen LogP contribution in [-0.2, 0) is 0 Å². The van der Waals surface area contributed by atoms with Gasteiger partial charge in [-0.2, -0.15) is 5.26 Å². The number of para-hydroxylation sites is 3. The van der Waals surface area contributed by atoms with Gasteiger partial charge in [0, 0.05) is 12.2 Å². The van der Waals surface area contributed by atoms with Crippen molar-refractivity contribution in [3.8, 4) is 17.5 Å². The van der Waals surface area contributed by atoms with Gasteiger partial charge in [0.25, 0.3) is 5.56 Å². The van der Waals surface area contributed by atoms with E-state index >= 15 is 0 Å². The molecule has 0 saturated heterocycles. The molecule has 1 aromatic heterocycles. The molecule has 2 amide bonds. The lowest BCUT2D eigenvalue weighted by molar-refractivity contribution is 0.179. The number of fused-ring (bicyclic) bond motifs is 1. The third kappa shape index (κ3) is 5.93. The van der Waals surface area contributed by atoms with Crippen LogP contribution < -0.4 is 15.6 Å². The van der Waals surface area contributed by atoms with Gasteiger partial charge in [0.15, 0.2) is 0 Å². The zero-order valence-corrected chi connectivity index (χ0v) is 22.6. The number of anilines is 1. The maximum Gasteiger partial charge on any atom is 0.322 e. The standard InChI is InChI=1S/C31H33N5O3/c1-4-6-11-19-35(31(38)33-23-14-12-13-22(20-23)21-32)26(5-2)29-34-25-16-8-7-15-24(25)30(37)36(29)27-17-9-10-18-28(27)39-3/h7-10,12-18,20,26H,4-6,11,19H2,1-3H3,(H,33,38). The van der Waals surface area contributed by atoms with Crippen molar-refractivity contribution in [2.75, 3.05) is 19.0 Å². The summed E-state index contributed by atoms with van der Waals surface area (Å²) in [5, 5.41) is 12.7. The summed E-state index contributed by atoms with van der Waals surface area (Å²) < 4.78 is 7.19. The van der Waals surface area contributed by atoms with Crippen LogP contribution in [0.5, 0.6) is 5.75 Å². The second kappa shape index (κ2) is 12.7. The highest BCUT2D eigenvalue weighted by Gasteiger charge is 2.29. The number of hydrogen-bond donors (Lipinski definition) is 1. The van der Waals surface area contributed by atoms with Gasteiger partial charge in [-0.25, -0.2) is 9.78 Å². The van der Waals surface area contributed by atoms with Crippen molar-refractivity contribution in [2.24, 2.45) is 0 Å². The first-order chi connectivity index (χ1) is 19.0. The molecule has 0 saturated carbocycles. The molecule has 4 aromatic rings. The normalized spacial score (nSPS) is 11.5. The number of rotatable bonds is 10. The number of nitriles is 1. The molecule has 200 valence electrons. The molecule has 0 aliphatic rings. The van der Waals surface area contributed by atoms with Gasteiger partial charge in [0.1, 0.15) is 11.6 Å². The summed E-state index contributed by atoms with van der Waals surface area (Å²) in [6, 6.07) is 22.6. The number of carbonyl (C=O) groups is 1. The molecular weight excluding hydrogens is 490 g/mol. The average Bonchev–Trinajstić information content (AvgIpc) is 2.97. The smallest absolute Gasteiger partial charge is 0.322 e. The number of nitrogens with zero attached hydrogens (tertiary/aromatic N) is 4. The van der Waals surface area contributed by atoms with E-state index in [1.807, 2.05) is 43.3 Å². The Bertz CT molecular complexity index is 1560. The van der Waals surface area contributed by atoms with Crippen LogP contribution in [0.4, 0.5) is 10.5 Å². The number of ether oxygens (including phenoxy) is 1. The summed E-state index contributed by atoms with van der Waals surface area (Å²) in [4.78, 5) is 34.5. The summed E-state index contributed by atoms with van der Waals surface area (Å²) in [6.45, 7) is 4.57. The van der Waals surface area contributed by atoms with Crippen LogP contribution in [-0.4, -0.2) is 34.1 Å². The van der Waals surface area contributed by atoms with Crippen LogP contribution in [0.15, 0.2) is 77.6 Å². The van der Waals surface area contributed by atoms with Crippen molar-refractivity contribution in [2.45, 2.75) is 45.6 Å². The molecular formula is C31H33N5O3. The largest absolute Gasteiger partial charge is 0.495 e. The molecule has 39 heavy (non-hydrogen) atoms. The number of hydrogen-bond acceptors (Lipinski definition) is 5.